The molecule has 0 bridgehead atoms. The smallest absolute Gasteiger partial charge is 0.407 e. The highest BCUT2D eigenvalue weighted by molar-refractivity contribution is 5.76. The Morgan fingerprint density at radius 3 is 2.54 bits per heavy atom. The lowest BCUT2D eigenvalue weighted by molar-refractivity contribution is -0.130. The zero-order valence-electron chi connectivity index (χ0n) is 29.8. The standard InChI is InChI=1S/C39H66N2O5/c1-26(2)10-9-11-27(3)32-15-16-33-31-14-13-29-22-30(17-19-38(29,4)34(31)18-20-39(32,33)5)46-37(45)40-21-8-6-7-12-36(44)41-23-28(25-42)35(43)24-41/h13,26-28,30-35,42-43H,6-12,14-25H2,1-5H3,(H,40,45)/t27?,28?,30-,31?,32+,33?,34?,35?,38?,39+/m0/s1. The number of hydrogen-bond donors (Lipinski definition) is 3. The first-order chi connectivity index (χ1) is 22.0. The molecule has 262 valence electrons. The van der Waals surface area contributed by atoms with Crippen LogP contribution in [-0.4, -0.2) is 65.6 Å². The zero-order valence-corrected chi connectivity index (χ0v) is 29.8. The van der Waals surface area contributed by atoms with Crippen LogP contribution >= 0.6 is 0 Å². The Balaban J connectivity index is 1.03. The molecule has 3 N–H and O–H groups in total. The molecule has 3 saturated carbocycles. The molecule has 2 amide bonds. The van der Waals surface area contributed by atoms with Gasteiger partial charge in [0.1, 0.15) is 6.10 Å². The number of β-amino-alcohol motifs (C(OH)–C–C–N with tert-alkyl or cyclic N) is 1. The van der Waals surface area contributed by atoms with Gasteiger partial charge in [0, 0.05) is 38.4 Å². The summed E-state index contributed by atoms with van der Waals surface area (Å²) >= 11 is 0. The summed E-state index contributed by atoms with van der Waals surface area (Å²) in [4.78, 5) is 26.7. The van der Waals surface area contributed by atoms with E-state index in [1.807, 2.05) is 0 Å². The summed E-state index contributed by atoms with van der Waals surface area (Å²) in [5.74, 6) is 4.80. The van der Waals surface area contributed by atoms with Gasteiger partial charge in [-0.25, -0.2) is 4.79 Å². The molecule has 0 radical (unpaired) electrons. The highest BCUT2D eigenvalue weighted by atomic mass is 16.6. The predicted molar refractivity (Wildman–Crippen MR) is 183 cm³/mol. The van der Waals surface area contributed by atoms with E-state index in [4.69, 9.17) is 4.74 Å². The number of fused-ring (bicyclic) bond motifs is 5. The summed E-state index contributed by atoms with van der Waals surface area (Å²) in [5, 5.41) is 22.2. The second-order valence-corrected chi connectivity index (χ2v) is 17.1. The molecule has 4 fully saturated rings. The summed E-state index contributed by atoms with van der Waals surface area (Å²) in [5.41, 5.74) is 2.32. The van der Waals surface area contributed by atoms with E-state index in [-0.39, 0.29) is 36.0 Å². The van der Waals surface area contributed by atoms with Crippen molar-refractivity contribution in [1.29, 1.82) is 0 Å². The predicted octanol–water partition coefficient (Wildman–Crippen LogP) is 7.49. The number of rotatable bonds is 13. The van der Waals surface area contributed by atoms with E-state index in [0.717, 1.165) is 74.0 Å². The Morgan fingerprint density at radius 2 is 1.80 bits per heavy atom. The maximum atomic E-state index is 12.7. The van der Waals surface area contributed by atoms with Crippen LogP contribution in [0.25, 0.3) is 0 Å². The van der Waals surface area contributed by atoms with E-state index in [9.17, 15) is 19.8 Å². The van der Waals surface area contributed by atoms with Gasteiger partial charge in [-0.3, -0.25) is 4.79 Å². The molecule has 0 spiro atoms. The lowest BCUT2D eigenvalue weighted by atomic mass is 9.47. The Labute approximate surface area is 279 Å². The van der Waals surface area contributed by atoms with Gasteiger partial charge in [0.15, 0.2) is 0 Å². The number of likely N-dealkylation sites (tertiary alicyclic amines) is 1. The monoisotopic (exact) mass is 642 g/mol. The minimum Gasteiger partial charge on any atom is -0.446 e. The summed E-state index contributed by atoms with van der Waals surface area (Å²) in [7, 11) is 0. The Morgan fingerprint density at radius 1 is 1.00 bits per heavy atom. The summed E-state index contributed by atoms with van der Waals surface area (Å²) < 4.78 is 5.94. The van der Waals surface area contributed by atoms with Crippen LogP contribution in [0.5, 0.6) is 0 Å². The first-order valence-corrected chi connectivity index (χ1v) is 19.2. The van der Waals surface area contributed by atoms with E-state index in [1.54, 1.807) is 10.5 Å². The molecular weight excluding hydrogens is 576 g/mol. The molecule has 7 unspecified atom stereocenters. The average Bonchev–Trinajstić information content (AvgIpc) is 3.58. The number of aliphatic hydroxyl groups is 2. The fourth-order valence-electron chi connectivity index (χ4n) is 11.1. The fraction of sp³-hybridized carbons (Fsp3) is 0.897. The molecule has 7 nitrogen and oxygen atoms in total. The van der Waals surface area contributed by atoms with Gasteiger partial charge in [-0.15, -0.1) is 0 Å². The quantitative estimate of drug-likeness (QED) is 0.143. The molecule has 0 aromatic rings. The van der Waals surface area contributed by atoms with Gasteiger partial charge in [-0.2, -0.15) is 0 Å². The molecule has 1 heterocycles. The van der Waals surface area contributed by atoms with Crippen molar-refractivity contribution in [3.05, 3.63) is 11.6 Å². The first-order valence-electron chi connectivity index (χ1n) is 19.2. The number of aliphatic hydroxyl groups excluding tert-OH is 2. The van der Waals surface area contributed by atoms with Crippen molar-refractivity contribution in [2.24, 2.45) is 52.3 Å². The van der Waals surface area contributed by atoms with E-state index in [0.29, 0.717) is 31.5 Å². The molecule has 1 saturated heterocycles. The van der Waals surface area contributed by atoms with Gasteiger partial charge in [0.25, 0.3) is 0 Å². The van der Waals surface area contributed by atoms with Crippen molar-refractivity contribution in [3.63, 3.8) is 0 Å². The van der Waals surface area contributed by atoms with Gasteiger partial charge >= 0.3 is 6.09 Å². The van der Waals surface area contributed by atoms with Crippen molar-refractivity contribution in [2.45, 2.75) is 143 Å². The number of alkyl carbamates (subject to hydrolysis) is 1. The lowest BCUT2D eigenvalue weighted by Gasteiger charge is -2.58. The van der Waals surface area contributed by atoms with Gasteiger partial charge < -0.3 is 25.2 Å². The second kappa shape index (κ2) is 15.3. The number of unbranched alkanes of at least 4 members (excludes halogenated alkanes) is 2. The zero-order chi connectivity index (χ0) is 33.1. The van der Waals surface area contributed by atoms with Gasteiger partial charge in [0.05, 0.1) is 12.7 Å². The second-order valence-electron chi connectivity index (χ2n) is 17.1. The Kier molecular flexibility index (Phi) is 11.9. The molecule has 1 aliphatic heterocycles. The number of hydrogen-bond acceptors (Lipinski definition) is 5. The van der Waals surface area contributed by atoms with Crippen molar-refractivity contribution in [2.75, 3.05) is 26.2 Å². The third-order valence-electron chi connectivity index (χ3n) is 13.9. The molecular formula is C39H66N2O5. The minimum absolute atomic E-state index is 0.0341. The average molecular weight is 643 g/mol. The number of allylic oxidation sites excluding steroid dienone is 1. The number of nitrogens with one attached hydrogen (secondary N) is 1. The van der Waals surface area contributed by atoms with Crippen LogP contribution in [0.1, 0.15) is 131 Å². The molecule has 10 atom stereocenters. The van der Waals surface area contributed by atoms with Gasteiger partial charge in [0.2, 0.25) is 5.91 Å². The molecule has 46 heavy (non-hydrogen) atoms. The first kappa shape index (κ1) is 35.7. The van der Waals surface area contributed by atoms with Gasteiger partial charge in [-0.05, 0) is 104 Å². The fourth-order valence-corrected chi connectivity index (χ4v) is 11.1. The van der Waals surface area contributed by atoms with Gasteiger partial charge in [-0.1, -0.05) is 72.0 Å². The SMILES string of the molecule is CC(C)CCCC(C)[C@H]1CCC2C3CC=C4C[C@@H](OC(=O)NCCCCCC(=O)N5CC(O)C(CO)C5)CCC4(C)C3CC[C@@]21C. The Hall–Kier alpha value is -1.60. The van der Waals surface area contributed by atoms with E-state index >= 15 is 0 Å². The Bertz CT molecular complexity index is 1080. The largest absolute Gasteiger partial charge is 0.446 e. The summed E-state index contributed by atoms with van der Waals surface area (Å²) in [6, 6.07) is 0. The van der Waals surface area contributed by atoms with Crippen LogP contribution in [0.3, 0.4) is 0 Å². The van der Waals surface area contributed by atoms with Crippen molar-refractivity contribution < 1.29 is 24.5 Å². The maximum absolute atomic E-state index is 12.7. The topological polar surface area (TPSA) is 99.1 Å². The lowest BCUT2D eigenvalue weighted by Crippen LogP contribution is -2.51. The summed E-state index contributed by atoms with van der Waals surface area (Å²) in [6.07, 6.45) is 18.4. The molecule has 0 aromatic heterocycles. The molecule has 5 aliphatic rings. The summed E-state index contributed by atoms with van der Waals surface area (Å²) in [6.45, 7) is 13.7. The molecule has 4 aliphatic carbocycles. The van der Waals surface area contributed by atoms with E-state index in [2.05, 4.69) is 46.0 Å². The van der Waals surface area contributed by atoms with Crippen molar-refractivity contribution >= 4 is 12.0 Å². The normalized spacial score (nSPS) is 37.7. The van der Waals surface area contributed by atoms with Crippen molar-refractivity contribution in [3.8, 4) is 0 Å². The van der Waals surface area contributed by atoms with Crippen LogP contribution in [0, 0.1) is 52.3 Å². The van der Waals surface area contributed by atoms with Crippen LogP contribution in [0.4, 0.5) is 4.79 Å². The molecule has 5 rings (SSSR count). The number of amides is 2. The van der Waals surface area contributed by atoms with E-state index < -0.39 is 6.10 Å². The van der Waals surface area contributed by atoms with Crippen LogP contribution in [0.15, 0.2) is 11.6 Å². The number of nitrogens with zero attached hydrogens (tertiary/aromatic N) is 1. The maximum Gasteiger partial charge on any atom is 0.407 e. The van der Waals surface area contributed by atoms with Crippen LogP contribution in [0.2, 0.25) is 0 Å². The number of ether oxygens (including phenoxy) is 1. The van der Waals surface area contributed by atoms with Crippen molar-refractivity contribution in [1.82, 2.24) is 10.2 Å². The number of carbonyl (C=O) groups is 2. The highest BCUT2D eigenvalue weighted by Crippen LogP contribution is 2.67. The third kappa shape index (κ3) is 7.66. The highest BCUT2D eigenvalue weighted by Gasteiger charge is 2.59. The minimum atomic E-state index is -0.630. The molecule has 0 aromatic carbocycles. The van der Waals surface area contributed by atoms with Crippen LogP contribution < -0.4 is 5.32 Å². The van der Waals surface area contributed by atoms with E-state index in [1.165, 1.54) is 51.4 Å². The third-order valence-corrected chi connectivity index (χ3v) is 13.9. The van der Waals surface area contributed by atoms with Crippen LogP contribution in [-0.2, 0) is 9.53 Å². The number of carbonyl (C=O) groups excluding carboxylic acids is 2. The molecule has 7 heteroatoms.